The quantitative estimate of drug-likeness (QED) is 0.160. The molecule has 12 rings (SSSR count). The van der Waals surface area contributed by atoms with E-state index in [1.165, 1.54) is 69.9 Å². The van der Waals surface area contributed by atoms with Crippen molar-refractivity contribution in [1.29, 1.82) is 0 Å². The summed E-state index contributed by atoms with van der Waals surface area (Å²) in [5.74, 6) is 0. The Labute approximate surface area is 357 Å². The molecule has 0 aliphatic carbocycles. The van der Waals surface area contributed by atoms with Crippen LogP contribution < -0.4 is 4.90 Å². The number of thiophene rings is 1. The van der Waals surface area contributed by atoms with Crippen molar-refractivity contribution in [2.24, 2.45) is 0 Å². The second-order valence-electron chi connectivity index (χ2n) is 15.6. The molecule has 0 aliphatic heterocycles. The Balaban J connectivity index is 1.00. The van der Waals surface area contributed by atoms with Gasteiger partial charge in [-0.3, -0.25) is 0 Å². The Morgan fingerprint density at radius 3 is 1.69 bits per heavy atom. The van der Waals surface area contributed by atoms with Crippen LogP contribution in [0.1, 0.15) is 0 Å². The van der Waals surface area contributed by atoms with E-state index in [1.54, 1.807) is 0 Å². The predicted molar refractivity (Wildman–Crippen MR) is 261 cm³/mol. The van der Waals surface area contributed by atoms with Crippen LogP contribution in [0, 0.1) is 0 Å². The Morgan fingerprint density at radius 2 is 0.902 bits per heavy atom. The van der Waals surface area contributed by atoms with Gasteiger partial charge in [0.25, 0.3) is 0 Å². The third kappa shape index (κ3) is 6.09. The average Bonchev–Trinajstić information content (AvgIpc) is 3.91. The van der Waals surface area contributed by atoms with Crippen LogP contribution >= 0.6 is 11.3 Å². The Kier molecular flexibility index (Phi) is 8.39. The fourth-order valence-electron chi connectivity index (χ4n) is 9.11. The molecular formula is C58H37NOS. The molecular weight excluding hydrogens is 759 g/mol. The van der Waals surface area contributed by atoms with E-state index in [9.17, 15) is 0 Å². The maximum absolute atomic E-state index is 6.71. The van der Waals surface area contributed by atoms with Crippen molar-refractivity contribution in [3.8, 4) is 44.5 Å². The molecule has 0 atom stereocenters. The van der Waals surface area contributed by atoms with Gasteiger partial charge in [0.2, 0.25) is 0 Å². The van der Waals surface area contributed by atoms with Crippen LogP contribution in [0.4, 0.5) is 17.1 Å². The first-order valence-electron chi connectivity index (χ1n) is 20.7. The zero-order valence-corrected chi connectivity index (χ0v) is 33.9. The van der Waals surface area contributed by atoms with Crippen molar-refractivity contribution in [3.63, 3.8) is 0 Å². The summed E-state index contributed by atoms with van der Waals surface area (Å²) in [5.41, 5.74) is 14.6. The lowest BCUT2D eigenvalue weighted by atomic mass is 9.96. The highest BCUT2D eigenvalue weighted by Gasteiger charge is 2.22. The SMILES string of the molecule is c1ccc(-c2ccc3c(c2)oc2cc(N(c4ccc(-c5ccc(-c6cccc7ccccc67)cc5)cc4)c4ccc(-c5ccccc5)c5sc6ccccc6c45)ccc23)cc1. The van der Waals surface area contributed by atoms with Crippen LogP contribution in [0.25, 0.3) is 97.4 Å². The van der Waals surface area contributed by atoms with Crippen molar-refractivity contribution >= 4 is 81.3 Å². The summed E-state index contributed by atoms with van der Waals surface area (Å²) in [7, 11) is 0. The maximum Gasteiger partial charge on any atom is 0.137 e. The fourth-order valence-corrected chi connectivity index (χ4v) is 10.4. The second kappa shape index (κ2) is 14.5. The molecule has 0 N–H and O–H groups in total. The van der Waals surface area contributed by atoms with E-state index in [-0.39, 0.29) is 0 Å². The van der Waals surface area contributed by atoms with Crippen LogP contribution in [-0.2, 0) is 0 Å². The lowest BCUT2D eigenvalue weighted by Gasteiger charge is -2.27. The van der Waals surface area contributed by atoms with E-state index in [0.717, 1.165) is 44.6 Å². The molecule has 2 nitrogen and oxygen atoms in total. The molecule has 0 aliphatic rings. The van der Waals surface area contributed by atoms with Crippen molar-refractivity contribution in [2.45, 2.75) is 0 Å². The van der Waals surface area contributed by atoms with Gasteiger partial charge in [-0.2, -0.15) is 0 Å². The molecule has 0 fully saturated rings. The molecule has 0 saturated carbocycles. The predicted octanol–water partition coefficient (Wildman–Crippen LogP) is 17.2. The van der Waals surface area contributed by atoms with Crippen molar-refractivity contribution < 1.29 is 4.42 Å². The summed E-state index contributed by atoms with van der Waals surface area (Å²) < 4.78 is 9.26. The number of hydrogen-bond donors (Lipinski definition) is 0. The molecule has 0 radical (unpaired) electrons. The molecule has 2 aromatic heterocycles. The number of hydrogen-bond acceptors (Lipinski definition) is 3. The van der Waals surface area contributed by atoms with Gasteiger partial charge in [-0.15, -0.1) is 11.3 Å². The van der Waals surface area contributed by atoms with E-state index >= 15 is 0 Å². The highest BCUT2D eigenvalue weighted by Crippen LogP contribution is 2.49. The molecule has 0 spiro atoms. The summed E-state index contributed by atoms with van der Waals surface area (Å²) in [4.78, 5) is 2.41. The number of anilines is 3. The maximum atomic E-state index is 6.71. The van der Waals surface area contributed by atoms with Gasteiger partial charge in [0.05, 0.1) is 5.69 Å². The fraction of sp³-hybridized carbons (Fsp3) is 0. The summed E-state index contributed by atoms with van der Waals surface area (Å²) in [6.07, 6.45) is 0. The van der Waals surface area contributed by atoms with Gasteiger partial charge >= 0.3 is 0 Å². The van der Waals surface area contributed by atoms with E-state index < -0.39 is 0 Å². The molecule has 286 valence electrons. The van der Waals surface area contributed by atoms with Gasteiger partial charge in [-0.25, -0.2) is 0 Å². The monoisotopic (exact) mass is 795 g/mol. The van der Waals surface area contributed by atoms with Crippen LogP contribution in [0.5, 0.6) is 0 Å². The average molecular weight is 796 g/mol. The lowest BCUT2D eigenvalue weighted by Crippen LogP contribution is -2.10. The van der Waals surface area contributed by atoms with E-state index in [4.69, 9.17) is 4.42 Å². The van der Waals surface area contributed by atoms with Crippen LogP contribution in [-0.4, -0.2) is 0 Å². The van der Waals surface area contributed by atoms with Crippen molar-refractivity contribution in [2.75, 3.05) is 4.90 Å². The van der Waals surface area contributed by atoms with Crippen LogP contribution in [0.2, 0.25) is 0 Å². The van der Waals surface area contributed by atoms with Gasteiger partial charge in [0.15, 0.2) is 0 Å². The Bertz CT molecular complexity index is 3560. The number of rotatable bonds is 7. The third-order valence-electron chi connectivity index (χ3n) is 12.1. The number of furan rings is 1. The van der Waals surface area contributed by atoms with Gasteiger partial charge in [-0.1, -0.05) is 170 Å². The molecule has 0 amide bonds. The molecule has 0 bridgehead atoms. The first kappa shape index (κ1) is 35.2. The summed E-state index contributed by atoms with van der Waals surface area (Å²) >= 11 is 1.86. The highest BCUT2D eigenvalue weighted by molar-refractivity contribution is 7.26. The van der Waals surface area contributed by atoms with Gasteiger partial charge in [0.1, 0.15) is 11.2 Å². The Morgan fingerprint density at radius 1 is 0.344 bits per heavy atom. The van der Waals surface area contributed by atoms with Crippen LogP contribution in [0.3, 0.4) is 0 Å². The summed E-state index contributed by atoms with van der Waals surface area (Å²) in [6, 6.07) is 81.0. The third-order valence-corrected chi connectivity index (χ3v) is 13.3. The molecule has 61 heavy (non-hydrogen) atoms. The summed E-state index contributed by atoms with van der Waals surface area (Å²) in [6.45, 7) is 0. The van der Waals surface area contributed by atoms with Gasteiger partial charge in [-0.05, 0) is 104 Å². The van der Waals surface area contributed by atoms with Gasteiger partial charge in [0, 0.05) is 48.4 Å². The molecule has 0 unspecified atom stereocenters. The molecule has 2 heterocycles. The first-order chi connectivity index (χ1) is 30.2. The first-order valence-corrected chi connectivity index (χ1v) is 21.6. The van der Waals surface area contributed by atoms with Gasteiger partial charge < -0.3 is 9.32 Å². The molecule has 0 saturated heterocycles. The van der Waals surface area contributed by atoms with E-state index in [1.807, 2.05) is 11.3 Å². The number of benzene rings is 10. The normalized spacial score (nSPS) is 11.6. The lowest BCUT2D eigenvalue weighted by molar-refractivity contribution is 0.669. The molecule has 3 heteroatoms. The largest absolute Gasteiger partial charge is 0.456 e. The number of nitrogens with zero attached hydrogens (tertiary/aromatic N) is 1. The smallest absolute Gasteiger partial charge is 0.137 e. The van der Waals surface area contributed by atoms with E-state index in [2.05, 4.69) is 229 Å². The van der Waals surface area contributed by atoms with Crippen molar-refractivity contribution in [3.05, 3.63) is 224 Å². The standard InChI is InChI=1S/C58H37NOS/c1-3-12-38(13-4-1)44-28-32-50-51-33-31-46(37-55(51)60-54(50)36-44)59(53-35-34-49(42-14-5-2-6-15-42)58-57(53)52-19-9-10-21-56(52)61-58)45-29-26-40(27-30-45)39-22-24-43(25-23-39)48-20-11-17-41-16-7-8-18-47(41)48/h1-37H. The highest BCUT2D eigenvalue weighted by atomic mass is 32.1. The second-order valence-corrected chi connectivity index (χ2v) is 16.7. The minimum atomic E-state index is 0.859. The zero-order chi connectivity index (χ0) is 40.3. The molecule has 10 aromatic carbocycles. The minimum Gasteiger partial charge on any atom is -0.456 e. The summed E-state index contributed by atoms with van der Waals surface area (Å²) in [5, 5.41) is 7.23. The van der Waals surface area contributed by atoms with Crippen LogP contribution in [0.15, 0.2) is 229 Å². The Hall–Kier alpha value is -7.72. The minimum absolute atomic E-state index is 0.859. The number of fused-ring (bicyclic) bond motifs is 7. The topological polar surface area (TPSA) is 16.4 Å². The molecule has 12 aromatic rings. The van der Waals surface area contributed by atoms with Crippen molar-refractivity contribution in [1.82, 2.24) is 0 Å². The zero-order valence-electron chi connectivity index (χ0n) is 33.1. The van der Waals surface area contributed by atoms with E-state index in [0.29, 0.717) is 0 Å².